The number of hydrogen-bond acceptors (Lipinski definition) is 4. The summed E-state index contributed by atoms with van der Waals surface area (Å²) in [6.45, 7) is 1.50. The van der Waals surface area contributed by atoms with Gasteiger partial charge in [0.2, 0.25) is 5.88 Å². The van der Waals surface area contributed by atoms with E-state index < -0.39 is 27.3 Å². The summed E-state index contributed by atoms with van der Waals surface area (Å²) >= 11 is 0. The smallest absolute Gasteiger partial charge is 0.269 e. The summed E-state index contributed by atoms with van der Waals surface area (Å²) in [6.07, 6.45) is 0. The molecule has 2 N–H and O–H groups in total. The molecule has 0 saturated carbocycles. The molecular formula is C13H13NO5S. The van der Waals surface area contributed by atoms with E-state index in [0.29, 0.717) is 11.3 Å². The van der Waals surface area contributed by atoms with Crippen molar-refractivity contribution in [2.45, 2.75) is 12.7 Å². The molecule has 0 unspecified atom stereocenters. The van der Waals surface area contributed by atoms with Crippen LogP contribution < -0.4 is 5.56 Å². The second-order valence-electron chi connectivity index (χ2n) is 4.36. The number of para-hydroxylation sites is 1. The average molecular weight is 295 g/mol. The van der Waals surface area contributed by atoms with Gasteiger partial charge in [0.15, 0.2) is 0 Å². The van der Waals surface area contributed by atoms with Crippen LogP contribution in [0.2, 0.25) is 0 Å². The van der Waals surface area contributed by atoms with E-state index in [4.69, 9.17) is 4.55 Å². The lowest BCUT2D eigenvalue weighted by molar-refractivity contribution is 0.426. The van der Waals surface area contributed by atoms with E-state index in [1.54, 1.807) is 30.3 Å². The summed E-state index contributed by atoms with van der Waals surface area (Å²) < 4.78 is 31.9. The van der Waals surface area contributed by atoms with Gasteiger partial charge >= 0.3 is 0 Å². The van der Waals surface area contributed by atoms with Crippen LogP contribution >= 0.6 is 0 Å². The van der Waals surface area contributed by atoms with Crippen LogP contribution in [0, 0.1) is 6.92 Å². The fraction of sp³-hybridized carbons (Fsp3) is 0.154. The minimum atomic E-state index is -4.31. The van der Waals surface area contributed by atoms with Crippen LogP contribution in [0.3, 0.4) is 0 Å². The molecule has 2 aromatic rings. The van der Waals surface area contributed by atoms with E-state index in [2.05, 4.69) is 0 Å². The van der Waals surface area contributed by atoms with Crippen molar-refractivity contribution in [2.75, 3.05) is 0 Å². The van der Waals surface area contributed by atoms with Gasteiger partial charge in [0, 0.05) is 11.6 Å². The maximum absolute atomic E-state index is 12.0. The predicted molar refractivity (Wildman–Crippen MR) is 73.7 cm³/mol. The highest BCUT2D eigenvalue weighted by atomic mass is 32.2. The molecular weight excluding hydrogens is 282 g/mol. The molecule has 0 fully saturated rings. The second kappa shape index (κ2) is 5.10. The highest BCUT2D eigenvalue weighted by molar-refractivity contribution is 7.85. The SMILES string of the molecule is Cc1cc(=O)n(-c2ccccc2)c(O)c1CS(=O)(=O)O. The molecule has 6 nitrogen and oxygen atoms in total. The van der Waals surface area contributed by atoms with Gasteiger partial charge in [-0.25, -0.2) is 4.57 Å². The Morgan fingerprint density at radius 2 is 1.80 bits per heavy atom. The molecule has 1 heterocycles. The summed E-state index contributed by atoms with van der Waals surface area (Å²) in [5, 5.41) is 10.2. The largest absolute Gasteiger partial charge is 0.494 e. The zero-order valence-electron chi connectivity index (χ0n) is 10.6. The van der Waals surface area contributed by atoms with Gasteiger partial charge in [0.25, 0.3) is 15.7 Å². The van der Waals surface area contributed by atoms with Gasteiger partial charge in [0.1, 0.15) is 5.75 Å². The minimum Gasteiger partial charge on any atom is -0.494 e. The molecule has 0 bridgehead atoms. The van der Waals surface area contributed by atoms with Gasteiger partial charge in [-0.15, -0.1) is 0 Å². The van der Waals surface area contributed by atoms with Gasteiger partial charge in [-0.2, -0.15) is 8.42 Å². The summed E-state index contributed by atoms with van der Waals surface area (Å²) in [6, 6.07) is 9.54. The first-order valence-corrected chi connectivity index (χ1v) is 7.35. The molecule has 0 aliphatic carbocycles. The maximum Gasteiger partial charge on any atom is 0.269 e. The molecule has 1 aromatic heterocycles. The fourth-order valence-corrected chi connectivity index (χ4v) is 2.66. The zero-order chi connectivity index (χ0) is 14.9. The lowest BCUT2D eigenvalue weighted by Crippen LogP contribution is -2.20. The van der Waals surface area contributed by atoms with Crippen molar-refractivity contribution in [1.82, 2.24) is 4.57 Å². The Balaban J connectivity index is 2.72. The lowest BCUT2D eigenvalue weighted by atomic mass is 10.1. The number of aryl methyl sites for hydroxylation is 1. The number of aromatic hydroxyl groups is 1. The molecule has 0 aliphatic heterocycles. The Morgan fingerprint density at radius 1 is 1.20 bits per heavy atom. The van der Waals surface area contributed by atoms with Gasteiger partial charge in [-0.3, -0.25) is 9.35 Å². The maximum atomic E-state index is 12.0. The minimum absolute atomic E-state index is 0.00375. The Bertz CT molecular complexity index is 794. The third-order valence-corrected chi connectivity index (χ3v) is 3.51. The van der Waals surface area contributed by atoms with Crippen LogP contribution in [0.15, 0.2) is 41.2 Å². The van der Waals surface area contributed by atoms with Crippen molar-refractivity contribution >= 4 is 10.1 Å². The van der Waals surface area contributed by atoms with Gasteiger partial charge < -0.3 is 5.11 Å². The Hall–Kier alpha value is -2.12. The third kappa shape index (κ3) is 2.89. The van der Waals surface area contributed by atoms with E-state index in [1.165, 1.54) is 13.0 Å². The van der Waals surface area contributed by atoms with Crippen LogP contribution in [-0.2, 0) is 15.9 Å². The van der Waals surface area contributed by atoms with E-state index in [1.807, 2.05) is 0 Å². The number of benzene rings is 1. The van der Waals surface area contributed by atoms with Crippen LogP contribution in [0.4, 0.5) is 0 Å². The molecule has 0 radical (unpaired) electrons. The van der Waals surface area contributed by atoms with Crippen molar-refractivity contribution in [2.24, 2.45) is 0 Å². The van der Waals surface area contributed by atoms with Crippen LogP contribution in [0.1, 0.15) is 11.1 Å². The Morgan fingerprint density at radius 3 is 2.35 bits per heavy atom. The zero-order valence-corrected chi connectivity index (χ0v) is 11.5. The van der Waals surface area contributed by atoms with Crippen LogP contribution in [-0.4, -0.2) is 22.6 Å². The number of rotatable bonds is 3. The molecule has 0 spiro atoms. The number of aromatic nitrogens is 1. The molecule has 0 amide bonds. The monoisotopic (exact) mass is 295 g/mol. The summed E-state index contributed by atoms with van der Waals surface area (Å²) in [5.41, 5.74) is 0.227. The summed E-state index contributed by atoms with van der Waals surface area (Å²) in [4.78, 5) is 12.0. The first kappa shape index (κ1) is 14.3. The normalized spacial score (nSPS) is 11.5. The Kier molecular flexibility index (Phi) is 3.65. The number of nitrogens with zero attached hydrogens (tertiary/aromatic N) is 1. The lowest BCUT2D eigenvalue weighted by Gasteiger charge is -2.13. The highest BCUT2D eigenvalue weighted by Crippen LogP contribution is 2.23. The van der Waals surface area contributed by atoms with Crippen molar-refractivity contribution in [3.8, 4) is 11.6 Å². The average Bonchev–Trinajstić information content (AvgIpc) is 2.34. The molecule has 0 atom stereocenters. The van der Waals surface area contributed by atoms with Crippen LogP contribution in [0.5, 0.6) is 5.88 Å². The number of hydrogen-bond donors (Lipinski definition) is 2. The van der Waals surface area contributed by atoms with Gasteiger partial charge in [0.05, 0.1) is 5.69 Å². The quantitative estimate of drug-likeness (QED) is 0.830. The van der Waals surface area contributed by atoms with Crippen LogP contribution in [0.25, 0.3) is 5.69 Å². The van der Waals surface area contributed by atoms with Gasteiger partial charge in [-0.05, 0) is 24.6 Å². The molecule has 0 aliphatic rings. The first-order valence-electron chi connectivity index (χ1n) is 5.74. The second-order valence-corrected chi connectivity index (χ2v) is 5.82. The molecule has 1 aromatic carbocycles. The van der Waals surface area contributed by atoms with E-state index >= 15 is 0 Å². The number of pyridine rings is 1. The predicted octanol–water partition coefficient (Wildman–Crippen LogP) is 1.24. The fourth-order valence-electron chi connectivity index (χ4n) is 1.94. The summed E-state index contributed by atoms with van der Waals surface area (Å²) in [5.74, 6) is -1.24. The van der Waals surface area contributed by atoms with Crippen molar-refractivity contribution in [1.29, 1.82) is 0 Å². The van der Waals surface area contributed by atoms with E-state index in [9.17, 15) is 18.3 Å². The first-order chi connectivity index (χ1) is 9.29. The molecule has 0 saturated heterocycles. The molecule has 7 heteroatoms. The standard InChI is InChI=1S/C13H13NO5S/c1-9-7-12(15)14(10-5-3-2-4-6-10)13(16)11(9)8-20(17,18)19/h2-7,16H,8H2,1H3,(H,17,18,19). The van der Waals surface area contributed by atoms with E-state index in [-0.39, 0.29) is 5.56 Å². The molecule has 106 valence electrons. The highest BCUT2D eigenvalue weighted by Gasteiger charge is 2.18. The summed E-state index contributed by atoms with van der Waals surface area (Å²) in [7, 11) is -4.31. The van der Waals surface area contributed by atoms with Gasteiger partial charge in [-0.1, -0.05) is 18.2 Å². The van der Waals surface area contributed by atoms with Crippen molar-refractivity contribution in [3.63, 3.8) is 0 Å². The molecule has 2 rings (SSSR count). The van der Waals surface area contributed by atoms with E-state index in [0.717, 1.165) is 4.57 Å². The Labute approximate surface area is 115 Å². The third-order valence-electron chi connectivity index (χ3n) is 2.86. The van der Waals surface area contributed by atoms with Crippen molar-refractivity contribution in [3.05, 3.63) is 57.9 Å². The topological polar surface area (TPSA) is 96.6 Å². The van der Waals surface area contributed by atoms with Crippen molar-refractivity contribution < 1.29 is 18.1 Å². The molecule has 20 heavy (non-hydrogen) atoms.